The SMILES string of the molecule is CCN(CC)c1ccc(-c2nc3cc(NC(=S)NC(=O)CC(C)C)ccc3o2)cc1. The molecule has 0 aliphatic rings. The third-order valence-corrected chi connectivity index (χ3v) is 4.94. The predicted octanol–water partition coefficient (Wildman–Crippen LogP) is 5.20. The first-order chi connectivity index (χ1) is 14.4. The van der Waals surface area contributed by atoms with Crippen LogP contribution in [0.25, 0.3) is 22.6 Å². The number of carbonyl (C=O) groups excluding carboxylic acids is 1. The van der Waals surface area contributed by atoms with Crippen LogP contribution in [0.5, 0.6) is 0 Å². The molecule has 0 bridgehead atoms. The highest BCUT2D eigenvalue weighted by molar-refractivity contribution is 7.80. The number of nitrogens with zero attached hydrogens (tertiary/aromatic N) is 2. The van der Waals surface area contributed by atoms with Crippen molar-refractivity contribution in [3.05, 3.63) is 42.5 Å². The Morgan fingerprint density at radius 2 is 1.83 bits per heavy atom. The molecule has 6 nitrogen and oxygen atoms in total. The maximum absolute atomic E-state index is 11.9. The van der Waals surface area contributed by atoms with Crippen LogP contribution in [-0.2, 0) is 4.79 Å². The monoisotopic (exact) mass is 424 g/mol. The van der Waals surface area contributed by atoms with E-state index in [9.17, 15) is 4.79 Å². The summed E-state index contributed by atoms with van der Waals surface area (Å²) in [6, 6.07) is 13.8. The second-order valence-corrected chi connectivity index (χ2v) is 7.93. The fourth-order valence-corrected chi connectivity index (χ4v) is 3.47. The number of amides is 1. The van der Waals surface area contributed by atoms with Crippen molar-refractivity contribution in [2.45, 2.75) is 34.1 Å². The standard InChI is InChI=1S/C23H28N4O2S/c1-5-27(6-2)18-10-7-16(8-11-18)22-25-19-14-17(9-12-20(19)29-22)24-23(30)26-21(28)13-15(3)4/h7-12,14-15H,5-6,13H2,1-4H3,(H2,24,26,28,30). The zero-order chi connectivity index (χ0) is 21.7. The van der Waals surface area contributed by atoms with Gasteiger partial charge in [0.05, 0.1) is 0 Å². The Kier molecular flexibility index (Phi) is 7.05. The number of thiocarbonyl (C=S) groups is 1. The lowest BCUT2D eigenvalue weighted by molar-refractivity contribution is -0.120. The Morgan fingerprint density at radius 3 is 2.47 bits per heavy atom. The molecular weight excluding hydrogens is 396 g/mol. The molecule has 3 aromatic rings. The molecule has 7 heteroatoms. The van der Waals surface area contributed by atoms with Crippen LogP contribution in [0.2, 0.25) is 0 Å². The largest absolute Gasteiger partial charge is 0.436 e. The van der Waals surface area contributed by atoms with E-state index in [0.29, 0.717) is 17.9 Å². The van der Waals surface area contributed by atoms with Gasteiger partial charge in [-0.1, -0.05) is 13.8 Å². The van der Waals surface area contributed by atoms with Gasteiger partial charge < -0.3 is 20.0 Å². The van der Waals surface area contributed by atoms with Crippen LogP contribution in [0.4, 0.5) is 11.4 Å². The third-order valence-electron chi connectivity index (χ3n) is 4.73. The highest BCUT2D eigenvalue weighted by Crippen LogP contribution is 2.27. The second-order valence-electron chi connectivity index (χ2n) is 7.52. The quantitative estimate of drug-likeness (QED) is 0.508. The summed E-state index contributed by atoms with van der Waals surface area (Å²) in [5.41, 5.74) is 4.26. The smallest absolute Gasteiger partial charge is 0.227 e. The lowest BCUT2D eigenvalue weighted by Gasteiger charge is -2.20. The Labute approximate surface area is 182 Å². The molecule has 0 saturated heterocycles. The van der Waals surface area contributed by atoms with Crippen LogP contribution in [0.15, 0.2) is 46.9 Å². The number of aromatic nitrogens is 1. The fraction of sp³-hybridized carbons (Fsp3) is 0.348. The van der Waals surface area contributed by atoms with Crippen LogP contribution in [0.1, 0.15) is 34.1 Å². The molecule has 0 spiro atoms. The molecular formula is C23H28N4O2S. The Morgan fingerprint density at radius 1 is 1.13 bits per heavy atom. The average Bonchev–Trinajstić information content (AvgIpc) is 3.12. The van der Waals surface area contributed by atoms with Crippen molar-refractivity contribution in [2.75, 3.05) is 23.3 Å². The molecule has 0 unspecified atom stereocenters. The number of benzene rings is 2. The van der Waals surface area contributed by atoms with Gasteiger partial charge in [-0.25, -0.2) is 4.98 Å². The van der Waals surface area contributed by atoms with Gasteiger partial charge in [0.25, 0.3) is 0 Å². The highest BCUT2D eigenvalue weighted by Gasteiger charge is 2.11. The first-order valence-corrected chi connectivity index (χ1v) is 10.7. The molecule has 0 aliphatic heterocycles. The molecule has 2 N–H and O–H groups in total. The topological polar surface area (TPSA) is 70.4 Å². The van der Waals surface area contributed by atoms with E-state index >= 15 is 0 Å². The van der Waals surface area contributed by atoms with Crippen molar-refractivity contribution in [3.8, 4) is 11.5 Å². The number of rotatable bonds is 7. The normalized spacial score (nSPS) is 11.0. The van der Waals surface area contributed by atoms with Crippen LogP contribution in [-0.4, -0.2) is 29.1 Å². The van der Waals surface area contributed by atoms with E-state index in [-0.39, 0.29) is 16.9 Å². The Hall–Kier alpha value is -2.93. The molecule has 3 rings (SSSR count). The molecule has 0 saturated carbocycles. The molecule has 1 aromatic heterocycles. The molecule has 2 aromatic carbocycles. The zero-order valence-corrected chi connectivity index (χ0v) is 18.7. The summed E-state index contributed by atoms with van der Waals surface area (Å²) < 4.78 is 5.92. The summed E-state index contributed by atoms with van der Waals surface area (Å²) in [5.74, 6) is 0.750. The van der Waals surface area contributed by atoms with Gasteiger partial charge >= 0.3 is 0 Å². The number of fused-ring (bicyclic) bond motifs is 1. The van der Waals surface area contributed by atoms with Crippen LogP contribution >= 0.6 is 12.2 Å². The molecule has 0 aliphatic carbocycles. The fourth-order valence-electron chi connectivity index (χ4n) is 3.24. The van der Waals surface area contributed by atoms with Crippen molar-refractivity contribution in [1.82, 2.24) is 10.3 Å². The summed E-state index contributed by atoms with van der Waals surface area (Å²) in [5, 5.41) is 6.00. The molecule has 1 amide bonds. The summed E-state index contributed by atoms with van der Waals surface area (Å²) >= 11 is 5.23. The minimum absolute atomic E-state index is 0.0968. The summed E-state index contributed by atoms with van der Waals surface area (Å²) in [6.45, 7) is 10.2. The maximum Gasteiger partial charge on any atom is 0.227 e. The van der Waals surface area contributed by atoms with Crippen molar-refractivity contribution >= 4 is 45.7 Å². The van der Waals surface area contributed by atoms with E-state index in [0.717, 1.165) is 29.9 Å². The average molecular weight is 425 g/mol. The first-order valence-electron chi connectivity index (χ1n) is 10.3. The lowest BCUT2D eigenvalue weighted by Crippen LogP contribution is -2.34. The first kappa shape index (κ1) is 21.8. The van der Waals surface area contributed by atoms with Gasteiger partial charge in [0.2, 0.25) is 11.8 Å². The van der Waals surface area contributed by atoms with Crippen molar-refractivity contribution in [1.29, 1.82) is 0 Å². The van der Waals surface area contributed by atoms with Gasteiger partial charge in [-0.15, -0.1) is 0 Å². The van der Waals surface area contributed by atoms with E-state index < -0.39 is 0 Å². The lowest BCUT2D eigenvalue weighted by atomic mass is 10.1. The molecule has 30 heavy (non-hydrogen) atoms. The number of anilines is 2. The van der Waals surface area contributed by atoms with E-state index in [2.05, 4.69) is 46.5 Å². The Balaban J connectivity index is 1.73. The van der Waals surface area contributed by atoms with Gasteiger partial charge in [0.1, 0.15) is 5.52 Å². The summed E-state index contributed by atoms with van der Waals surface area (Å²) in [4.78, 5) is 18.8. The molecule has 0 radical (unpaired) electrons. The van der Waals surface area contributed by atoms with Crippen molar-refractivity contribution in [2.24, 2.45) is 5.92 Å². The van der Waals surface area contributed by atoms with Crippen LogP contribution in [0.3, 0.4) is 0 Å². The minimum atomic E-state index is -0.0968. The number of hydrogen-bond donors (Lipinski definition) is 2. The van der Waals surface area contributed by atoms with E-state index in [4.69, 9.17) is 16.6 Å². The minimum Gasteiger partial charge on any atom is -0.436 e. The van der Waals surface area contributed by atoms with Gasteiger partial charge in [0.15, 0.2) is 10.7 Å². The van der Waals surface area contributed by atoms with Gasteiger partial charge in [-0.05, 0) is 74.4 Å². The number of nitrogens with one attached hydrogen (secondary N) is 2. The summed E-state index contributed by atoms with van der Waals surface area (Å²) in [6.07, 6.45) is 0.431. The summed E-state index contributed by atoms with van der Waals surface area (Å²) in [7, 11) is 0. The maximum atomic E-state index is 11.9. The second kappa shape index (κ2) is 9.71. The molecule has 1 heterocycles. The third kappa shape index (κ3) is 5.36. The van der Waals surface area contributed by atoms with Gasteiger partial charge in [-0.3, -0.25) is 4.79 Å². The molecule has 0 atom stereocenters. The van der Waals surface area contributed by atoms with Gasteiger partial charge in [-0.2, -0.15) is 0 Å². The van der Waals surface area contributed by atoms with Crippen molar-refractivity contribution in [3.63, 3.8) is 0 Å². The van der Waals surface area contributed by atoms with E-state index in [1.54, 1.807) is 0 Å². The van der Waals surface area contributed by atoms with Gasteiger partial charge in [0, 0.05) is 36.4 Å². The van der Waals surface area contributed by atoms with Crippen molar-refractivity contribution < 1.29 is 9.21 Å². The molecule has 0 fully saturated rings. The van der Waals surface area contributed by atoms with Crippen LogP contribution < -0.4 is 15.5 Å². The Bertz CT molecular complexity index is 1020. The predicted molar refractivity (Wildman–Crippen MR) is 127 cm³/mol. The van der Waals surface area contributed by atoms with E-state index in [1.807, 2.05) is 44.2 Å². The van der Waals surface area contributed by atoms with Crippen LogP contribution in [0, 0.1) is 5.92 Å². The highest BCUT2D eigenvalue weighted by atomic mass is 32.1. The number of carbonyl (C=O) groups is 1. The number of hydrogen-bond acceptors (Lipinski definition) is 5. The van der Waals surface area contributed by atoms with E-state index in [1.165, 1.54) is 5.69 Å². The molecule has 158 valence electrons. The zero-order valence-electron chi connectivity index (χ0n) is 17.9. The number of oxazole rings is 1.